The first kappa shape index (κ1) is 14.9. The summed E-state index contributed by atoms with van der Waals surface area (Å²) in [7, 11) is 0. The largest absolute Gasteiger partial charge is 0.335 e. The van der Waals surface area contributed by atoms with Crippen LogP contribution in [0.4, 0.5) is 0 Å². The Morgan fingerprint density at radius 2 is 2.09 bits per heavy atom. The Morgan fingerprint density at radius 1 is 1.36 bits per heavy atom. The average Bonchev–Trinajstić information content (AvgIpc) is 2.85. The number of aromatic nitrogens is 4. The molecule has 1 saturated heterocycles. The molecular formula is C15H22N6O. The molecule has 0 radical (unpaired) electrons. The zero-order chi connectivity index (χ0) is 16.1. The topological polar surface area (TPSA) is 89.4 Å². The molecule has 0 aromatic carbocycles. The van der Waals surface area contributed by atoms with E-state index < -0.39 is 0 Å². The van der Waals surface area contributed by atoms with Crippen molar-refractivity contribution in [3.63, 3.8) is 0 Å². The summed E-state index contributed by atoms with van der Waals surface area (Å²) in [5.41, 5.74) is 7.80. The van der Waals surface area contributed by atoms with Crippen molar-refractivity contribution in [3.05, 3.63) is 23.3 Å². The van der Waals surface area contributed by atoms with Crippen molar-refractivity contribution in [2.24, 2.45) is 11.1 Å². The van der Waals surface area contributed by atoms with Crippen LogP contribution in [0.25, 0.3) is 5.78 Å². The number of hydrogen-bond acceptors (Lipinski definition) is 5. The Bertz CT molecular complexity index is 735. The molecule has 0 saturated carbocycles. The quantitative estimate of drug-likeness (QED) is 0.847. The fourth-order valence-corrected chi connectivity index (χ4v) is 2.95. The minimum absolute atomic E-state index is 0.0994. The molecule has 1 fully saturated rings. The number of carbonyl (C=O) groups excluding carboxylic acids is 1. The summed E-state index contributed by atoms with van der Waals surface area (Å²) in [4.78, 5) is 23.1. The van der Waals surface area contributed by atoms with Crippen molar-refractivity contribution >= 4 is 11.7 Å². The van der Waals surface area contributed by atoms with Crippen molar-refractivity contribution in [2.45, 2.75) is 40.2 Å². The molecule has 3 heterocycles. The Kier molecular flexibility index (Phi) is 3.40. The summed E-state index contributed by atoms with van der Waals surface area (Å²) in [6.07, 6.45) is 0.794. The van der Waals surface area contributed by atoms with E-state index in [2.05, 4.69) is 28.9 Å². The van der Waals surface area contributed by atoms with Gasteiger partial charge in [-0.15, -0.1) is 5.10 Å². The third-order valence-corrected chi connectivity index (χ3v) is 4.41. The predicted octanol–water partition coefficient (Wildman–Crippen LogP) is 0.941. The van der Waals surface area contributed by atoms with Gasteiger partial charge in [0.25, 0.3) is 11.7 Å². The van der Waals surface area contributed by atoms with Crippen molar-refractivity contribution in [1.82, 2.24) is 24.5 Å². The molecule has 0 aliphatic carbocycles. The highest BCUT2D eigenvalue weighted by Crippen LogP contribution is 2.28. The Hall–Kier alpha value is -2.02. The Morgan fingerprint density at radius 3 is 2.77 bits per heavy atom. The Balaban J connectivity index is 1.91. The van der Waals surface area contributed by atoms with E-state index in [9.17, 15) is 4.79 Å². The summed E-state index contributed by atoms with van der Waals surface area (Å²) in [6, 6.07) is 2.02. The van der Waals surface area contributed by atoms with E-state index in [4.69, 9.17) is 5.73 Å². The van der Waals surface area contributed by atoms with E-state index in [1.54, 1.807) is 9.42 Å². The van der Waals surface area contributed by atoms with Gasteiger partial charge >= 0.3 is 0 Å². The zero-order valence-corrected chi connectivity index (χ0v) is 13.5. The highest BCUT2D eigenvalue weighted by molar-refractivity contribution is 5.91. The fraction of sp³-hybridized carbons (Fsp3) is 0.600. The van der Waals surface area contributed by atoms with Gasteiger partial charge in [-0.1, -0.05) is 13.8 Å². The SMILES string of the molecule is Cc1cc(C)n2nc(C(=O)N3CCC(N)C(C)(C)C3)nc2n1. The summed E-state index contributed by atoms with van der Waals surface area (Å²) in [5, 5.41) is 4.32. The molecule has 3 rings (SSSR count). The van der Waals surface area contributed by atoms with Gasteiger partial charge in [0.15, 0.2) is 0 Å². The molecule has 118 valence electrons. The number of nitrogens with zero attached hydrogens (tertiary/aromatic N) is 5. The number of fused-ring (bicyclic) bond motifs is 1. The van der Waals surface area contributed by atoms with Gasteiger partial charge in [-0.3, -0.25) is 4.79 Å². The molecule has 1 amide bonds. The second-order valence-corrected chi connectivity index (χ2v) is 6.80. The molecule has 2 N–H and O–H groups in total. The number of likely N-dealkylation sites (tertiary alicyclic amines) is 1. The minimum Gasteiger partial charge on any atom is -0.335 e. The third-order valence-electron chi connectivity index (χ3n) is 4.41. The third kappa shape index (κ3) is 2.45. The van der Waals surface area contributed by atoms with Gasteiger partial charge < -0.3 is 10.6 Å². The van der Waals surface area contributed by atoms with Crippen molar-refractivity contribution in [2.75, 3.05) is 13.1 Å². The van der Waals surface area contributed by atoms with E-state index in [1.807, 2.05) is 19.9 Å². The first-order valence-corrected chi connectivity index (χ1v) is 7.54. The normalized spacial score (nSPS) is 21.3. The van der Waals surface area contributed by atoms with Crippen molar-refractivity contribution < 1.29 is 4.79 Å². The van der Waals surface area contributed by atoms with Crippen LogP contribution in [0.5, 0.6) is 0 Å². The number of aryl methyl sites for hydroxylation is 2. The van der Waals surface area contributed by atoms with Crippen LogP contribution in [0.2, 0.25) is 0 Å². The fourth-order valence-electron chi connectivity index (χ4n) is 2.95. The van der Waals surface area contributed by atoms with E-state index >= 15 is 0 Å². The van der Waals surface area contributed by atoms with E-state index in [0.717, 1.165) is 17.8 Å². The van der Waals surface area contributed by atoms with Crippen LogP contribution in [0.3, 0.4) is 0 Å². The lowest BCUT2D eigenvalue weighted by Gasteiger charge is -2.42. The van der Waals surface area contributed by atoms with Crippen LogP contribution in [0, 0.1) is 19.3 Å². The van der Waals surface area contributed by atoms with Crippen molar-refractivity contribution in [3.8, 4) is 0 Å². The average molecular weight is 302 g/mol. The van der Waals surface area contributed by atoms with Gasteiger partial charge in [0.05, 0.1) is 0 Å². The number of carbonyl (C=O) groups is 1. The number of nitrogens with two attached hydrogens (primary N) is 1. The molecule has 1 aliphatic rings. The van der Waals surface area contributed by atoms with Crippen LogP contribution >= 0.6 is 0 Å². The van der Waals surface area contributed by atoms with Crippen LogP contribution in [-0.2, 0) is 0 Å². The number of piperidine rings is 1. The summed E-state index contributed by atoms with van der Waals surface area (Å²) < 4.78 is 1.61. The lowest BCUT2D eigenvalue weighted by Crippen LogP contribution is -2.54. The zero-order valence-electron chi connectivity index (χ0n) is 13.5. The molecular weight excluding hydrogens is 280 g/mol. The highest BCUT2D eigenvalue weighted by Gasteiger charge is 2.36. The molecule has 1 atom stereocenters. The smallest absolute Gasteiger partial charge is 0.293 e. The van der Waals surface area contributed by atoms with Gasteiger partial charge in [-0.05, 0) is 31.7 Å². The van der Waals surface area contributed by atoms with Gasteiger partial charge in [0.1, 0.15) is 0 Å². The standard InChI is InChI=1S/C15H22N6O/c1-9-7-10(2)21-14(17-9)18-12(19-21)13(22)20-6-5-11(16)15(3,4)8-20/h7,11H,5-6,8,16H2,1-4H3. The monoisotopic (exact) mass is 302 g/mol. The predicted molar refractivity (Wildman–Crippen MR) is 82.5 cm³/mol. The molecule has 22 heavy (non-hydrogen) atoms. The van der Waals surface area contributed by atoms with Crippen molar-refractivity contribution in [1.29, 1.82) is 0 Å². The first-order valence-electron chi connectivity index (χ1n) is 7.54. The summed E-state index contributed by atoms with van der Waals surface area (Å²) >= 11 is 0. The molecule has 1 aliphatic heterocycles. The highest BCUT2D eigenvalue weighted by atomic mass is 16.2. The molecule has 1 unspecified atom stereocenters. The summed E-state index contributed by atoms with van der Waals surface area (Å²) in [6.45, 7) is 9.26. The maximum absolute atomic E-state index is 12.7. The second kappa shape index (κ2) is 5.01. The van der Waals surface area contributed by atoms with E-state index in [0.29, 0.717) is 18.9 Å². The molecule has 7 heteroatoms. The van der Waals surface area contributed by atoms with E-state index in [-0.39, 0.29) is 23.2 Å². The molecule has 7 nitrogen and oxygen atoms in total. The molecule has 0 bridgehead atoms. The number of amides is 1. The summed E-state index contributed by atoms with van der Waals surface area (Å²) in [5.74, 6) is 0.517. The van der Waals surface area contributed by atoms with Gasteiger partial charge in [-0.2, -0.15) is 4.98 Å². The molecule has 0 spiro atoms. The van der Waals surface area contributed by atoms with Crippen LogP contribution < -0.4 is 5.73 Å². The maximum Gasteiger partial charge on any atom is 0.293 e. The van der Waals surface area contributed by atoms with Gasteiger partial charge in [0, 0.05) is 30.5 Å². The van der Waals surface area contributed by atoms with Crippen LogP contribution in [0.15, 0.2) is 6.07 Å². The van der Waals surface area contributed by atoms with Crippen LogP contribution in [0.1, 0.15) is 42.3 Å². The number of rotatable bonds is 1. The van der Waals surface area contributed by atoms with Crippen LogP contribution in [-0.4, -0.2) is 49.5 Å². The lowest BCUT2D eigenvalue weighted by atomic mass is 9.79. The second-order valence-electron chi connectivity index (χ2n) is 6.80. The van der Waals surface area contributed by atoms with Gasteiger partial charge in [-0.25, -0.2) is 9.50 Å². The Labute approximate surface area is 129 Å². The minimum atomic E-state index is -0.150. The first-order chi connectivity index (χ1) is 10.3. The molecule has 2 aromatic rings. The lowest BCUT2D eigenvalue weighted by molar-refractivity contribution is 0.0521. The maximum atomic E-state index is 12.7. The van der Waals surface area contributed by atoms with Gasteiger partial charge in [0.2, 0.25) is 5.82 Å². The molecule has 2 aromatic heterocycles. The van der Waals surface area contributed by atoms with E-state index in [1.165, 1.54) is 0 Å². The number of hydrogen-bond donors (Lipinski definition) is 1.